The number of carboxylic acid groups (broad SMARTS) is 2. The normalized spacial score (nSPS) is 12.6. The summed E-state index contributed by atoms with van der Waals surface area (Å²) in [7, 11) is -5.08. The van der Waals surface area contributed by atoms with Crippen LogP contribution in [0.4, 0.5) is 0 Å². The summed E-state index contributed by atoms with van der Waals surface area (Å²) in [6.45, 7) is 2.15. The van der Waals surface area contributed by atoms with Gasteiger partial charge in [0.25, 0.3) is 10.1 Å². The van der Waals surface area contributed by atoms with Gasteiger partial charge >= 0.3 is 101 Å². The van der Waals surface area contributed by atoms with Gasteiger partial charge in [-0.2, -0.15) is 8.42 Å². The molecule has 0 saturated heterocycles. The molecule has 3 N–H and O–H groups in total. The fraction of sp³-hybridized carbons (Fsp3) is 0.900. The van der Waals surface area contributed by atoms with Crippen molar-refractivity contribution in [1.29, 1.82) is 0 Å². The predicted octanol–water partition coefficient (Wildman–Crippen LogP) is 2.33. The number of aliphatic carboxylic acids is 2. The molecule has 12 heteroatoms. The molecule has 0 aromatic rings. The van der Waals surface area contributed by atoms with Crippen LogP contribution in [0.3, 0.4) is 0 Å². The fourth-order valence-electron chi connectivity index (χ4n) is 3.21. The Bertz CT molecular complexity index is 561. The third kappa shape index (κ3) is 22.3. The number of unbranched alkanes of at least 4 members (excludes halogenated alkanes) is 13. The van der Waals surface area contributed by atoms with Crippen LogP contribution in [0.5, 0.6) is 0 Å². The summed E-state index contributed by atoms with van der Waals surface area (Å²) in [4.78, 5) is 22.1. The standard InChI is InChI=1S/C20H38O8S.3Na.3H/c1-2-3-4-5-6-7-8-9-10-11-12-13-14-15-16-28-17(19(21)22)18(20(23)24)29(25,26)27;;;;;;/h17-18H,2-16H2,1H3,(H,21,22)(H,23,24)(H,25,26,27);;;;;;. The number of ether oxygens (including phenoxy) is 1. The predicted molar refractivity (Wildman–Crippen MR) is 132 cm³/mol. The molecule has 2 atom stereocenters. The van der Waals surface area contributed by atoms with Crippen molar-refractivity contribution in [3.05, 3.63) is 0 Å². The van der Waals surface area contributed by atoms with Gasteiger partial charge in [0.15, 0.2) is 6.10 Å². The molecule has 0 rings (SSSR count). The Labute approximate surface area is 260 Å². The third-order valence-corrected chi connectivity index (χ3v) is 5.97. The number of rotatable bonds is 20. The first-order valence-corrected chi connectivity index (χ1v) is 12.3. The second-order valence-corrected chi connectivity index (χ2v) is 9.04. The van der Waals surface area contributed by atoms with Crippen molar-refractivity contribution in [2.24, 2.45) is 0 Å². The molecule has 0 spiro atoms. The Morgan fingerprint density at radius 1 is 0.688 bits per heavy atom. The van der Waals surface area contributed by atoms with Gasteiger partial charge in [0, 0.05) is 6.61 Å². The summed E-state index contributed by atoms with van der Waals surface area (Å²) in [5.74, 6) is -3.69. The maximum atomic E-state index is 11.1. The topological polar surface area (TPSA) is 138 Å². The van der Waals surface area contributed by atoms with E-state index < -0.39 is 33.4 Å². The molecule has 32 heavy (non-hydrogen) atoms. The van der Waals surface area contributed by atoms with Gasteiger partial charge in [0.05, 0.1) is 0 Å². The van der Waals surface area contributed by atoms with Crippen LogP contribution in [0.2, 0.25) is 0 Å². The average molecular weight is 511 g/mol. The van der Waals surface area contributed by atoms with E-state index in [9.17, 15) is 18.0 Å². The number of hydrogen-bond donors (Lipinski definition) is 3. The van der Waals surface area contributed by atoms with Crippen molar-refractivity contribution in [3.8, 4) is 0 Å². The Morgan fingerprint density at radius 2 is 1.03 bits per heavy atom. The quantitative estimate of drug-likeness (QED) is 0.129. The molecule has 0 heterocycles. The molecule has 0 aliphatic carbocycles. The van der Waals surface area contributed by atoms with Crippen LogP contribution in [-0.2, 0) is 24.4 Å². The van der Waals surface area contributed by atoms with E-state index in [1.807, 2.05) is 0 Å². The minimum absolute atomic E-state index is 0. The fourth-order valence-corrected chi connectivity index (χ4v) is 3.97. The zero-order valence-corrected chi connectivity index (χ0v) is 18.4. The Kier molecular flexibility index (Phi) is 33.1. The van der Waals surface area contributed by atoms with Crippen LogP contribution in [0.15, 0.2) is 0 Å². The van der Waals surface area contributed by atoms with Gasteiger partial charge in [0.2, 0.25) is 5.25 Å². The van der Waals surface area contributed by atoms with E-state index in [0.29, 0.717) is 6.42 Å². The van der Waals surface area contributed by atoms with Gasteiger partial charge in [0.1, 0.15) is 0 Å². The van der Waals surface area contributed by atoms with E-state index in [1.165, 1.54) is 57.8 Å². The Balaban J connectivity index is -0.00000131. The van der Waals surface area contributed by atoms with E-state index in [0.717, 1.165) is 25.7 Å². The second kappa shape index (κ2) is 25.9. The average Bonchev–Trinajstić information content (AvgIpc) is 2.62. The molecule has 0 aromatic carbocycles. The third-order valence-electron chi connectivity index (χ3n) is 4.88. The van der Waals surface area contributed by atoms with Gasteiger partial charge in [-0.05, 0) is 6.42 Å². The zero-order valence-electron chi connectivity index (χ0n) is 17.6. The van der Waals surface area contributed by atoms with Crippen LogP contribution in [0, 0.1) is 0 Å². The minimum atomic E-state index is -5.08. The van der Waals surface area contributed by atoms with Crippen molar-refractivity contribution in [3.63, 3.8) is 0 Å². The first-order chi connectivity index (χ1) is 13.7. The number of hydrogen-bond acceptors (Lipinski definition) is 5. The van der Waals surface area contributed by atoms with E-state index in [1.54, 1.807) is 0 Å². The molecule has 0 bridgehead atoms. The maximum absolute atomic E-state index is 11.1. The van der Waals surface area contributed by atoms with Crippen molar-refractivity contribution >= 4 is 111 Å². The summed E-state index contributed by atoms with van der Waals surface area (Å²) >= 11 is 0. The van der Waals surface area contributed by atoms with Crippen molar-refractivity contribution in [2.75, 3.05) is 6.61 Å². The van der Waals surface area contributed by atoms with E-state index >= 15 is 0 Å². The Hall–Kier alpha value is 1.81. The van der Waals surface area contributed by atoms with Crippen LogP contribution in [0.25, 0.3) is 0 Å². The van der Waals surface area contributed by atoms with Crippen molar-refractivity contribution < 1.29 is 37.5 Å². The second-order valence-electron chi connectivity index (χ2n) is 7.50. The molecule has 0 aromatic heterocycles. The number of carbonyl (C=O) groups is 2. The molecular formula is C20H41Na3O8S. The summed E-state index contributed by atoms with van der Waals surface area (Å²) in [5, 5.41) is 15.3. The molecular weight excluding hydrogens is 469 g/mol. The molecule has 0 saturated carbocycles. The van der Waals surface area contributed by atoms with Crippen LogP contribution in [-0.4, -0.2) is 142 Å². The molecule has 0 amide bonds. The van der Waals surface area contributed by atoms with Gasteiger partial charge in [-0.25, -0.2) is 4.79 Å². The first kappa shape index (κ1) is 41.0. The number of carboxylic acids is 2. The molecule has 178 valence electrons. The van der Waals surface area contributed by atoms with Gasteiger partial charge in [-0.3, -0.25) is 9.35 Å². The van der Waals surface area contributed by atoms with Crippen LogP contribution >= 0.6 is 0 Å². The van der Waals surface area contributed by atoms with Crippen LogP contribution < -0.4 is 0 Å². The molecule has 0 fully saturated rings. The van der Waals surface area contributed by atoms with Gasteiger partial charge in [-0.15, -0.1) is 0 Å². The molecule has 0 radical (unpaired) electrons. The molecule has 2 unspecified atom stereocenters. The van der Waals surface area contributed by atoms with Crippen molar-refractivity contribution in [2.45, 2.75) is 108 Å². The summed E-state index contributed by atoms with van der Waals surface area (Å²) in [6, 6.07) is 0. The summed E-state index contributed by atoms with van der Waals surface area (Å²) < 4.78 is 36.1. The zero-order chi connectivity index (χ0) is 22.1. The van der Waals surface area contributed by atoms with E-state index in [-0.39, 0.29) is 95.3 Å². The summed E-state index contributed by atoms with van der Waals surface area (Å²) in [5.41, 5.74) is 0. The molecule has 0 aliphatic heterocycles. The van der Waals surface area contributed by atoms with Crippen LogP contribution in [0.1, 0.15) is 96.8 Å². The summed E-state index contributed by atoms with van der Waals surface area (Å²) in [6.07, 6.45) is 14.0. The SMILES string of the molecule is CCCCCCCCCCCCCCCCOC(C(=O)O)C(C(=O)O)S(=O)(=O)O.[NaH].[NaH].[NaH]. The Morgan fingerprint density at radius 3 is 1.31 bits per heavy atom. The van der Waals surface area contributed by atoms with E-state index in [4.69, 9.17) is 19.5 Å². The van der Waals surface area contributed by atoms with Crippen molar-refractivity contribution in [1.82, 2.24) is 0 Å². The molecule has 8 nitrogen and oxygen atoms in total. The monoisotopic (exact) mass is 510 g/mol. The first-order valence-electron chi connectivity index (χ1n) is 10.7. The van der Waals surface area contributed by atoms with E-state index in [2.05, 4.69) is 6.92 Å². The van der Waals surface area contributed by atoms with Gasteiger partial charge < -0.3 is 14.9 Å². The molecule has 0 aliphatic rings. The van der Waals surface area contributed by atoms with Gasteiger partial charge in [-0.1, -0.05) is 90.4 Å².